The maximum atomic E-state index is 13.2. The van der Waals surface area contributed by atoms with E-state index in [1.807, 2.05) is 17.6 Å². The molecule has 0 aromatic carbocycles. The highest BCUT2D eigenvalue weighted by molar-refractivity contribution is 7.98. The summed E-state index contributed by atoms with van der Waals surface area (Å²) in [5.74, 6) is 7.64. The number of fused-ring (bicyclic) bond motifs is 1. The van der Waals surface area contributed by atoms with E-state index in [2.05, 4.69) is 28.2 Å². The van der Waals surface area contributed by atoms with Crippen LogP contribution in [0.3, 0.4) is 0 Å². The van der Waals surface area contributed by atoms with Crippen LogP contribution in [0.25, 0.3) is 11.2 Å². The molecule has 28 heavy (non-hydrogen) atoms. The van der Waals surface area contributed by atoms with E-state index in [4.69, 9.17) is 9.97 Å². The number of rotatable bonds is 5. The third kappa shape index (κ3) is 3.69. The Morgan fingerprint density at radius 3 is 2.79 bits per heavy atom. The zero-order valence-electron chi connectivity index (χ0n) is 16.1. The van der Waals surface area contributed by atoms with Crippen LogP contribution in [0, 0.1) is 11.8 Å². The molecule has 4 heterocycles. The highest BCUT2D eigenvalue weighted by Gasteiger charge is 2.23. The minimum Gasteiger partial charge on any atom is -0.342 e. The molecule has 3 aromatic rings. The summed E-state index contributed by atoms with van der Waals surface area (Å²) >= 11 is 3.29. The average molecular weight is 414 g/mol. The average Bonchev–Trinajstić information content (AvgIpc) is 3.36. The SMILES string of the molecule is CC#CCn1c(N2CCCCC2)nc2nc(SCc3cccs3)n(C)c(=O)c21. The van der Waals surface area contributed by atoms with Crippen molar-refractivity contribution in [3.63, 3.8) is 0 Å². The Morgan fingerprint density at radius 1 is 1.25 bits per heavy atom. The van der Waals surface area contributed by atoms with Crippen LogP contribution in [0.4, 0.5) is 5.95 Å². The van der Waals surface area contributed by atoms with E-state index in [1.165, 1.54) is 11.3 Å². The normalized spacial score (nSPS) is 14.3. The summed E-state index contributed by atoms with van der Waals surface area (Å²) in [5, 5.41) is 2.76. The lowest BCUT2D eigenvalue weighted by atomic mass is 10.1. The van der Waals surface area contributed by atoms with Gasteiger partial charge in [0.2, 0.25) is 5.95 Å². The lowest BCUT2D eigenvalue weighted by molar-refractivity contribution is 0.561. The molecule has 1 aliphatic heterocycles. The quantitative estimate of drug-likeness (QED) is 0.364. The second-order valence-corrected chi connectivity index (χ2v) is 8.75. The van der Waals surface area contributed by atoms with Gasteiger partial charge < -0.3 is 4.90 Å². The number of piperidine rings is 1. The summed E-state index contributed by atoms with van der Waals surface area (Å²) in [4.78, 5) is 26.2. The number of nitrogens with zero attached hydrogens (tertiary/aromatic N) is 5. The summed E-state index contributed by atoms with van der Waals surface area (Å²) in [6.45, 7) is 4.19. The Bertz CT molecular complexity index is 1080. The minimum absolute atomic E-state index is 0.0626. The number of anilines is 1. The first-order chi connectivity index (χ1) is 13.7. The molecule has 0 unspecified atom stereocenters. The molecule has 0 radical (unpaired) electrons. The number of hydrogen-bond donors (Lipinski definition) is 0. The van der Waals surface area contributed by atoms with Gasteiger partial charge in [-0.25, -0.2) is 4.98 Å². The lowest BCUT2D eigenvalue weighted by Gasteiger charge is -2.27. The molecule has 4 rings (SSSR count). The summed E-state index contributed by atoms with van der Waals surface area (Å²) < 4.78 is 3.58. The van der Waals surface area contributed by atoms with E-state index >= 15 is 0 Å². The largest absolute Gasteiger partial charge is 0.342 e. The Labute approximate surface area is 172 Å². The van der Waals surface area contributed by atoms with Gasteiger partial charge in [0.25, 0.3) is 5.56 Å². The smallest absolute Gasteiger partial charge is 0.280 e. The number of thiophene rings is 1. The Hall–Kier alpha value is -2.24. The van der Waals surface area contributed by atoms with Crippen molar-refractivity contribution in [1.82, 2.24) is 19.1 Å². The van der Waals surface area contributed by atoms with Crippen LogP contribution in [0.2, 0.25) is 0 Å². The van der Waals surface area contributed by atoms with Gasteiger partial charge in [0.1, 0.15) is 0 Å². The van der Waals surface area contributed by atoms with Gasteiger partial charge in [-0.3, -0.25) is 13.9 Å². The number of aromatic nitrogens is 4. The first kappa shape index (κ1) is 19.1. The molecule has 0 saturated carbocycles. The van der Waals surface area contributed by atoms with Crippen molar-refractivity contribution in [3.8, 4) is 11.8 Å². The topological polar surface area (TPSA) is 56.0 Å². The first-order valence-corrected chi connectivity index (χ1v) is 11.3. The molecule has 1 aliphatic rings. The molecular weight excluding hydrogens is 390 g/mol. The van der Waals surface area contributed by atoms with Gasteiger partial charge in [-0.2, -0.15) is 4.98 Å². The van der Waals surface area contributed by atoms with Crippen LogP contribution in [0.1, 0.15) is 31.1 Å². The molecule has 8 heteroatoms. The maximum absolute atomic E-state index is 13.2. The fourth-order valence-electron chi connectivity index (χ4n) is 3.43. The van der Waals surface area contributed by atoms with E-state index in [1.54, 1.807) is 34.7 Å². The fourth-order valence-corrected chi connectivity index (χ4v) is 5.16. The van der Waals surface area contributed by atoms with E-state index < -0.39 is 0 Å². The summed E-state index contributed by atoms with van der Waals surface area (Å²) in [6, 6.07) is 4.14. The fraction of sp³-hybridized carbons (Fsp3) is 0.450. The van der Waals surface area contributed by atoms with Gasteiger partial charge in [0.15, 0.2) is 16.3 Å². The molecule has 1 fully saturated rings. The van der Waals surface area contributed by atoms with Crippen molar-refractivity contribution >= 4 is 40.2 Å². The van der Waals surface area contributed by atoms with Crippen molar-refractivity contribution in [2.45, 2.75) is 43.6 Å². The summed E-state index contributed by atoms with van der Waals surface area (Å²) in [6.07, 6.45) is 3.54. The number of imidazole rings is 1. The maximum Gasteiger partial charge on any atom is 0.280 e. The van der Waals surface area contributed by atoms with E-state index in [-0.39, 0.29) is 5.56 Å². The van der Waals surface area contributed by atoms with Crippen molar-refractivity contribution in [3.05, 3.63) is 32.7 Å². The van der Waals surface area contributed by atoms with Crippen molar-refractivity contribution in [2.75, 3.05) is 18.0 Å². The molecule has 6 nitrogen and oxygen atoms in total. The van der Waals surface area contributed by atoms with Gasteiger partial charge in [0.05, 0.1) is 6.54 Å². The molecule has 146 valence electrons. The van der Waals surface area contributed by atoms with E-state index in [0.717, 1.165) is 37.6 Å². The molecule has 3 aromatic heterocycles. The standard InChI is InChI=1S/C20H23N5OS2/c1-3-4-12-25-16-17(21-19(25)24-10-6-5-7-11-24)22-20(23(2)18(16)26)28-14-15-9-8-13-27-15/h8-9,13H,5-7,10-12,14H2,1-2H3. The highest BCUT2D eigenvalue weighted by atomic mass is 32.2. The first-order valence-electron chi connectivity index (χ1n) is 9.46. The Morgan fingerprint density at radius 2 is 2.07 bits per heavy atom. The van der Waals surface area contributed by atoms with E-state index in [9.17, 15) is 4.79 Å². The predicted molar refractivity (Wildman–Crippen MR) is 116 cm³/mol. The number of thioether (sulfide) groups is 1. The Kier molecular flexibility index (Phi) is 5.74. The minimum atomic E-state index is -0.0626. The van der Waals surface area contributed by atoms with Crippen LogP contribution in [-0.4, -0.2) is 32.2 Å². The zero-order chi connectivity index (χ0) is 19.5. The molecule has 0 bridgehead atoms. The molecule has 0 amide bonds. The molecule has 0 aliphatic carbocycles. The number of hydrogen-bond acceptors (Lipinski definition) is 6. The second-order valence-electron chi connectivity index (χ2n) is 6.77. The predicted octanol–water partition coefficient (Wildman–Crippen LogP) is 3.50. The third-order valence-corrected chi connectivity index (χ3v) is 7.04. The lowest BCUT2D eigenvalue weighted by Crippen LogP contribution is -2.32. The molecule has 0 N–H and O–H groups in total. The van der Waals surface area contributed by atoms with Crippen molar-refractivity contribution in [2.24, 2.45) is 7.05 Å². The van der Waals surface area contributed by atoms with Crippen LogP contribution < -0.4 is 10.5 Å². The second kappa shape index (κ2) is 8.41. The van der Waals surface area contributed by atoms with Gasteiger partial charge in [-0.15, -0.1) is 17.3 Å². The molecule has 1 saturated heterocycles. The van der Waals surface area contributed by atoms with Gasteiger partial charge in [-0.05, 0) is 37.6 Å². The van der Waals surface area contributed by atoms with Gasteiger partial charge >= 0.3 is 0 Å². The zero-order valence-corrected chi connectivity index (χ0v) is 17.8. The molecule has 0 spiro atoms. The monoisotopic (exact) mass is 413 g/mol. The summed E-state index contributed by atoms with van der Waals surface area (Å²) in [5.41, 5.74) is 1.01. The Balaban J connectivity index is 1.77. The third-order valence-electron chi connectivity index (χ3n) is 4.90. The van der Waals surface area contributed by atoms with Crippen LogP contribution in [0.15, 0.2) is 27.5 Å². The summed E-state index contributed by atoms with van der Waals surface area (Å²) in [7, 11) is 1.79. The molecular formula is C20H23N5OS2. The van der Waals surface area contributed by atoms with Crippen molar-refractivity contribution in [1.29, 1.82) is 0 Å². The highest BCUT2D eigenvalue weighted by Crippen LogP contribution is 2.26. The van der Waals surface area contributed by atoms with Gasteiger partial charge in [0, 0.05) is 30.8 Å². The van der Waals surface area contributed by atoms with Crippen molar-refractivity contribution < 1.29 is 0 Å². The van der Waals surface area contributed by atoms with Crippen LogP contribution in [-0.2, 0) is 19.3 Å². The van der Waals surface area contributed by atoms with Gasteiger partial charge in [-0.1, -0.05) is 23.7 Å². The molecule has 0 atom stereocenters. The van der Waals surface area contributed by atoms with E-state index in [0.29, 0.717) is 22.9 Å². The van der Waals surface area contributed by atoms with Crippen LogP contribution in [0.5, 0.6) is 0 Å². The van der Waals surface area contributed by atoms with Crippen LogP contribution >= 0.6 is 23.1 Å².